The van der Waals surface area contributed by atoms with Gasteiger partial charge in [-0.25, -0.2) is 0 Å². The Bertz CT molecular complexity index is 856. The van der Waals surface area contributed by atoms with Crippen LogP contribution in [-0.2, 0) is 4.79 Å². The van der Waals surface area contributed by atoms with Crippen LogP contribution in [0.2, 0.25) is 5.02 Å². The second-order valence-electron chi connectivity index (χ2n) is 7.78. The summed E-state index contributed by atoms with van der Waals surface area (Å²) in [6.07, 6.45) is 2.90. The second kappa shape index (κ2) is 9.06. The Labute approximate surface area is 176 Å². The third-order valence-electron chi connectivity index (χ3n) is 5.77. The number of carbonyl (C=O) groups excluding carboxylic acids is 1. The van der Waals surface area contributed by atoms with E-state index in [4.69, 9.17) is 21.1 Å². The number of halogens is 1. The zero-order chi connectivity index (χ0) is 20.2. The number of ether oxygens (including phenoxy) is 2. The fourth-order valence-corrected chi connectivity index (χ4v) is 4.22. The minimum atomic E-state index is 0.110. The lowest BCUT2D eigenvalue weighted by atomic mass is 10.0. The number of nitrogens with two attached hydrogens (primary N) is 1. The predicted octanol–water partition coefficient (Wildman–Crippen LogP) is 3.49. The maximum Gasteiger partial charge on any atom is 0.278 e. The lowest BCUT2D eigenvalue weighted by Crippen LogP contribution is -2.87. The minimum absolute atomic E-state index is 0.110. The monoisotopic (exact) mass is 415 g/mol. The van der Waals surface area contributed by atoms with Gasteiger partial charge in [0.1, 0.15) is 6.04 Å². The first kappa shape index (κ1) is 20.0. The van der Waals surface area contributed by atoms with Crippen molar-refractivity contribution >= 4 is 17.5 Å². The van der Waals surface area contributed by atoms with E-state index in [1.165, 1.54) is 5.56 Å². The van der Waals surface area contributed by atoms with E-state index in [-0.39, 0.29) is 18.0 Å². The normalized spacial score (nSPS) is 19.7. The summed E-state index contributed by atoms with van der Waals surface area (Å²) in [6, 6.07) is 14.2. The molecule has 2 heterocycles. The van der Waals surface area contributed by atoms with Crippen molar-refractivity contribution in [1.29, 1.82) is 0 Å². The summed E-state index contributed by atoms with van der Waals surface area (Å²) < 4.78 is 11.6. The van der Waals surface area contributed by atoms with Gasteiger partial charge >= 0.3 is 0 Å². The van der Waals surface area contributed by atoms with Crippen LogP contribution in [0.1, 0.15) is 49.4 Å². The first-order valence-electron chi connectivity index (χ1n) is 10.4. The molecule has 0 aliphatic carbocycles. The van der Waals surface area contributed by atoms with Crippen molar-refractivity contribution in [2.24, 2.45) is 0 Å². The molecule has 1 saturated heterocycles. The smallest absolute Gasteiger partial charge is 0.278 e. The van der Waals surface area contributed by atoms with Crippen LogP contribution in [0.15, 0.2) is 42.5 Å². The molecule has 1 amide bonds. The van der Waals surface area contributed by atoms with Crippen molar-refractivity contribution in [3.8, 4) is 11.5 Å². The van der Waals surface area contributed by atoms with Crippen molar-refractivity contribution in [2.45, 2.75) is 38.3 Å². The number of fused-ring (bicyclic) bond motifs is 1. The Balaban J connectivity index is 1.40. The first-order chi connectivity index (χ1) is 14.1. The third-order valence-corrected chi connectivity index (χ3v) is 6.02. The molecule has 0 unspecified atom stereocenters. The summed E-state index contributed by atoms with van der Waals surface area (Å²) in [4.78, 5) is 15.0. The maximum atomic E-state index is 13.0. The van der Waals surface area contributed by atoms with E-state index in [2.05, 4.69) is 24.4 Å². The molecule has 2 aliphatic heterocycles. The van der Waals surface area contributed by atoms with E-state index in [0.29, 0.717) is 19.8 Å². The zero-order valence-corrected chi connectivity index (χ0v) is 17.5. The van der Waals surface area contributed by atoms with E-state index in [1.54, 1.807) is 0 Å². The Morgan fingerprint density at radius 2 is 1.90 bits per heavy atom. The van der Waals surface area contributed by atoms with Crippen molar-refractivity contribution in [1.82, 2.24) is 4.90 Å². The van der Waals surface area contributed by atoms with E-state index >= 15 is 0 Å². The predicted molar refractivity (Wildman–Crippen MR) is 112 cm³/mol. The van der Waals surface area contributed by atoms with Crippen LogP contribution in [0.5, 0.6) is 11.5 Å². The van der Waals surface area contributed by atoms with Crippen molar-refractivity contribution in [3.63, 3.8) is 0 Å². The van der Waals surface area contributed by atoms with Crippen LogP contribution in [0.3, 0.4) is 0 Å². The molecule has 0 radical (unpaired) electrons. The van der Waals surface area contributed by atoms with E-state index in [0.717, 1.165) is 47.9 Å². The molecule has 4 rings (SSSR count). The summed E-state index contributed by atoms with van der Waals surface area (Å²) in [6.45, 7) is 4.71. The summed E-state index contributed by atoms with van der Waals surface area (Å²) in [5.41, 5.74) is 2.30. The molecule has 0 aromatic heterocycles. The molecular weight excluding hydrogens is 388 g/mol. The minimum Gasteiger partial charge on any atom is -0.490 e. The number of amides is 1. The largest absolute Gasteiger partial charge is 0.490 e. The fourth-order valence-electron chi connectivity index (χ4n) is 4.10. The Hall–Kier alpha value is -2.24. The van der Waals surface area contributed by atoms with Gasteiger partial charge in [0.05, 0.1) is 19.3 Å². The van der Waals surface area contributed by atoms with Gasteiger partial charge < -0.3 is 19.7 Å². The number of carbonyl (C=O) groups is 1. The number of rotatable bonds is 5. The second-order valence-corrected chi connectivity index (χ2v) is 8.22. The van der Waals surface area contributed by atoms with Crippen LogP contribution < -0.4 is 14.8 Å². The van der Waals surface area contributed by atoms with E-state index in [9.17, 15) is 4.79 Å². The Kier molecular flexibility index (Phi) is 6.26. The molecule has 6 heteroatoms. The molecule has 2 atom stereocenters. The van der Waals surface area contributed by atoms with E-state index < -0.39 is 0 Å². The van der Waals surface area contributed by atoms with Gasteiger partial charge in [0, 0.05) is 23.6 Å². The number of hydrogen-bond acceptors (Lipinski definition) is 3. The zero-order valence-electron chi connectivity index (χ0n) is 16.8. The summed E-state index contributed by atoms with van der Waals surface area (Å²) >= 11 is 5.97. The highest BCUT2D eigenvalue weighted by Crippen LogP contribution is 2.37. The molecule has 0 bridgehead atoms. The average molecular weight is 416 g/mol. The first-order valence-corrected chi connectivity index (χ1v) is 10.8. The lowest BCUT2D eigenvalue weighted by Gasteiger charge is -2.25. The number of benzene rings is 2. The highest BCUT2D eigenvalue weighted by Gasteiger charge is 2.31. The van der Waals surface area contributed by atoms with Gasteiger partial charge in [-0.15, -0.1) is 0 Å². The molecule has 2 aromatic carbocycles. The molecule has 0 saturated carbocycles. The summed E-state index contributed by atoms with van der Waals surface area (Å²) in [5.74, 6) is 1.77. The van der Waals surface area contributed by atoms with Gasteiger partial charge in [0.15, 0.2) is 18.0 Å². The Morgan fingerprint density at radius 3 is 2.69 bits per heavy atom. The van der Waals surface area contributed by atoms with Crippen molar-refractivity contribution in [3.05, 3.63) is 58.6 Å². The number of likely N-dealkylation sites (tertiary alicyclic amines) is 1. The molecule has 2 N–H and O–H groups in total. The van der Waals surface area contributed by atoms with Crippen LogP contribution >= 0.6 is 11.6 Å². The highest BCUT2D eigenvalue weighted by molar-refractivity contribution is 6.30. The van der Waals surface area contributed by atoms with Crippen LogP contribution in [0.4, 0.5) is 0 Å². The van der Waals surface area contributed by atoms with Gasteiger partial charge in [0.2, 0.25) is 0 Å². The quantitative estimate of drug-likeness (QED) is 0.813. The van der Waals surface area contributed by atoms with Gasteiger partial charge in [0.25, 0.3) is 5.91 Å². The topological polar surface area (TPSA) is 55.4 Å². The van der Waals surface area contributed by atoms with Crippen molar-refractivity contribution in [2.75, 3.05) is 26.3 Å². The maximum absolute atomic E-state index is 13.0. The fraction of sp³-hybridized carbons (Fsp3) is 0.435. The SMILES string of the molecule is C[C@H]([NH2+]CC(=O)N1CCC[C@H]1c1ccc2c(c1)OCCCO2)c1ccc(Cl)cc1. The molecule has 29 heavy (non-hydrogen) atoms. The lowest BCUT2D eigenvalue weighted by molar-refractivity contribution is -0.683. The van der Waals surface area contributed by atoms with Gasteiger partial charge in [-0.05, 0) is 49.6 Å². The number of hydrogen-bond donors (Lipinski definition) is 1. The highest BCUT2D eigenvalue weighted by atomic mass is 35.5. The standard InChI is InChI=1S/C23H27ClN2O3/c1-16(17-5-8-19(24)9-6-17)25-15-23(27)26-11-2-4-20(26)18-7-10-21-22(14-18)29-13-3-12-28-21/h5-10,14,16,20,25H,2-4,11-13,15H2,1H3/p+1/t16-,20-/m0/s1. The molecule has 2 aromatic rings. The van der Waals surface area contributed by atoms with Gasteiger partial charge in [-0.2, -0.15) is 0 Å². The van der Waals surface area contributed by atoms with Crippen molar-refractivity contribution < 1.29 is 19.6 Å². The van der Waals surface area contributed by atoms with Gasteiger partial charge in [-0.3, -0.25) is 4.79 Å². The van der Waals surface area contributed by atoms with Gasteiger partial charge in [-0.1, -0.05) is 29.8 Å². The van der Waals surface area contributed by atoms with Crippen LogP contribution in [0.25, 0.3) is 0 Å². The molecule has 154 valence electrons. The summed E-state index contributed by atoms with van der Waals surface area (Å²) in [7, 11) is 0. The third kappa shape index (κ3) is 4.68. The molecule has 1 fully saturated rings. The molecular formula is C23H28ClN2O3+. The van der Waals surface area contributed by atoms with Crippen LogP contribution in [-0.4, -0.2) is 37.1 Å². The average Bonchev–Trinajstić information content (AvgIpc) is 3.11. The molecule has 5 nitrogen and oxygen atoms in total. The number of nitrogens with zero attached hydrogens (tertiary/aromatic N) is 1. The van der Waals surface area contributed by atoms with Crippen LogP contribution in [0, 0.1) is 0 Å². The Morgan fingerprint density at radius 1 is 1.14 bits per heavy atom. The molecule has 0 spiro atoms. The summed E-state index contributed by atoms with van der Waals surface area (Å²) in [5, 5.41) is 2.82. The molecule has 2 aliphatic rings. The number of quaternary nitrogens is 1. The van der Waals surface area contributed by atoms with E-state index in [1.807, 2.05) is 35.2 Å².